The van der Waals surface area contributed by atoms with Gasteiger partial charge in [0, 0.05) is 0 Å². The fraction of sp³-hybridized carbons (Fsp3) is 0.125. The van der Waals surface area contributed by atoms with Crippen molar-refractivity contribution >= 4 is 27.4 Å². The molecule has 15 heavy (non-hydrogen) atoms. The van der Waals surface area contributed by atoms with Crippen LogP contribution in [0, 0.1) is 5.82 Å². The summed E-state index contributed by atoms with van der Waals surface area (Å²) in [5.74, 6) is -1.95. The Morgan fingerprint density at radius 3 is 2.53 bits per heavy atom. The van der Waals surface area contributed by atoms with Gasteiger partial charge in [0.2, 0.25) is 10.0 Å². The number of rotatable bonds is 3. The Labute approximate surface area is 90.9 Å². The zero-order chi connectivity index (χ0) is 11.6. The van der Waals surface area contributed by atoms with Gasteiger partial charge in [-0.2, -0.15) is 0 Å². The normalized spacial score (nSPS) is 11.4. The molecule has 1 aromatic rings. The number of Topliss-reactive ketones (excluding diaryl/α,β-unsaturated/α-hetero) is 1. The van der Waals surface area contributed by atoms with Gasteiger partial charge in [-0.3, -0.25) is 4.79 Å². The summed E-state index contributed by atoms with van der Waals surface area (Å²) in [5, 5.41) is 4.82. The minimum absolute atomic E-state index is 0.322. The van der Waals surface area contributed by atoms with E-state index in [1.165, 1.54) is 0 Å². The first-order valence-electron chi connectivity index (χ1n) is 3.78. The molecule has 0 atom stereocenters. The molecular formula is C8H7ClFNO3S. The molecule has 0 amide bonds. The molecule has 0 radical (unpaired) electrons. The summed E-state index contributed by atoms with van der Waals surface area (Å²) < 4.78 is 34.9. The van der Waals surface area contributed by atoms with Crippen LogP contribution in [0.25, 0.3) is 0 Å². The number of sulfonamides is 1. The average molecular weight is 252 g/mol. The van der Waals surface area contributed by atoms with Crippen molar-refractivity contribution in [2.75, 3.05) is 5.88 Å². The number of hydrogen-bond donors (Lipinski definition) is 1. The lowest BCUT2D eigenvalue weighted by atomic mass is 10.1. The quantitative estimate of drug-likeness (QED) is 0.640. The lowest BCUT2D eigenvalue weighted by Gasteiger charge is -2.02. The van der Waals surface area contributed by atoms with E-state index in [1.807, 2.05) is 0 Å². The van der Waals surface area contributed by atoms with Crippen molar-refractivity contribution in [2.24, 2.45) is 5.14 Å². The minimum Gasteiger partial charge on any atom is -0.293 e. The van der Waals surface area contributed by atoms with Gasteiger partial charge in [0.1, 0.15) is 5.82 Å². The van der Waals surface area contributed by atoms with E-state index in [4.69, 9.17) is 16.7 Å². The van der Waals surface area contributed by atoms with Gasteiger partial charge in [-0.1, -0.05) is 0 Å². The summed E-state index contributed by atoms with van der Waals surface area (Å²) in [5.41, 5.74) is -0.378. The second-order valence-corrected chi connectivity index (χ2v) is 4.57. The number of ketones is 1. The van der Waals surface area contributed by atoms with Crippen LogP contribution in [0.15, 0.2) is 23.1 Å². The Morgan fingerprint density at radius 2 is 2.07 bits per heavy atom. The van der Waals surface area contributed by atoms with Gasteiger partial charge in [-0.15, -0.1) is 11.6 Å². The SMILES string of the molecule is NS(=O)(=O)c1ccc(F)c(C(=O)CCl)c1. The van der Waals surface area contributed by atoms with Crippen LogP contribution >= 0.6 is 11.6 Å². The molecule has 7 heteroatoms. The van der Waals surface area contributed by atoms with Crippen LogP contribution in [-0.2, 0) is 10.0 Å². The Bertz CT molecular complexity index is 501. The van der Waals surface area contributed by atoms with E-state index in [0.29, 0.717) is 0 Å². The molecule has 0 aromatic heterocycles. The predicted molar refractivity (Wildman–Crippen MR) is 52.8 cm³/mol. The fourth-order valence-corrected chi connectivity index (χ4v) is 1.65. The average Bonchev–Trinajstić information content (AvgIpc) is 2.15. The summed E-state index contributed by atoms with van der Waals surface area (Å²) in [6.07, 6.45) is 0. The van der Waals surface area contributed by atoms with Crippen LogP contribution in [-0.4, -0.2) is 20.1 Å². The summed E-state index contributed by atoms with van der Waals surface area (Å²) in [6, 6.07) is 2.71. The van der Waals surface area contributed by atoms with Gasteiger partial charge >= 0.3 is 0 Å². The molecule has 0 bridgehead atoms. The van der Waals surface area contributed by atoms with Gasteiger partial charge in [-0.25, -0.2) is 17.9 Å². The van der Waals surface area contributed by atoms with Crippen molar-refractivity contribution in [1.29, 1.82) is 0 Å². The second kappa shape index (κ2) is 4.26. The minimum atomic E-state index is -3.95. The molecule has 0 aliphatic heterocycles. The van der Waals surface area contributed by atoms with Crippen molar-refractivity contribution in [2.45, 2.75) is 4.90 Å². The van der Waals surface area contributed by atoms with Crippen LogP contribution in [0.1, 0.15) is 10.4 Å². The number of primary sulfonamides is 1. The Kier molecular flexibility index (Phi) is 3.43. The number of benzene rings is 1. The maximum absolute atomic E-state index is 13.1. The third-order valence-corrected chi connectivity index (χ3v) is 2.84. The van der Waals surface area contributed by atoms with Crippen molar-refractivity contribution in [3.8, 4) is 0 Å². The molecule has 1 aromatic carbocycles. The third kappa shape index (κ3) is 2.74. The maximum Gasteiger partial charge on any atom is 0.238 e. The molecular weight excluding hydrogens is 245 g/mol. The van der Waals surface area contributed by atoms with Gasteiger partial charge < -0.3 is 0 Å². The molecule has 0 fully saturated rings. The largest absolute Gasteiger partial charge is 0.293 e. The fourth-order valence-electron chi connectivity index (χ4n) is 0.967. The van der Waals surface area contributed by atoms with E-state index in [2.05, 4.69) is 0 Å². The van der Waals surface area contributed by atoms with Gasteiger partial charge in [0.25, 0.3) is 0 Å². The molecule has 1 rings (SSSR count). The number of hydrogen-bond acceptors (Lipinski definition) is 3. The molecule has 0 saturated heterocycles. The lowest BCUT2D eigenvalue weighted by molar-refractivity contribution is 0.101. The number of carbonyl (C=O) groups is 1. The standard InChI is InChI=1S/C8H7ClFNO3S/c9-4-8(12)6-3-5(15(11,13)14)1-2-7(6)10/h1-3H,4H2,(H2,11,13,14). The van der Waals surface area contributed by atoms with Gasteiger partial charge in [0.15, 0.2) is 5.78 Å². The Morgan fingerprint density at radius 1 is 1.47 bits per heavy atom. The van der Waals surface area contributed by atoms with E-state index in [-0.39, 0.29) is 10.5 Å². The van der Waals surface area contributed by atoms with E-state index >= 15 is 0 Å². The molecule has 0 aliphatic carbocycles. The number of carbonyl (C=O) groups excluding carboxylic acids is 1. The summed E-state index contributed by atoms with van der Waals surface area (Å²) in [4.78, 5) is 10.8. The smallest absolute Gasteiger partial charge is 0.238 e. The number of alkyl halides is 1. The molecule has 0 unspecified atom stereocenters. The highest BCUT2D eigenvalue weighted by Gasteiger charge is 2.15. The second-order valence-electron chi connectivity index (χ2n) is 2.74. The van der Waals surface area contributed by atoms with Crippen LogP contribution in [0.3, 0.4) is 0 Å². The number of nitrogens with two attached hydrogens (primary N) is 1. The van der Waals surface area contributed by atoms with Gasteiger partial charge in [0.05, 0.1) is 16.3 Å². The van der Waals surface area contributed by atoms with Gasteiger partial charge in [-0.05, 0) is 18.2 Å². The maximum atomic E-state index is 13.1. The van der Waals surface area contributed by atoms with Crippen LogP contribution in [0.2, 0.25) is 0 Å². The van der Waals surface area contributed by atoms with E-state index in [9.17, 15) is 17.6 Å². The summed E-state index contributed by atoms with van der Waals surface area (Å²) in [7, 11) is -3.95. The molecule has 0 aliphatic rings. The Balaban J connectivity index is 3.36. The molecule has 4 nitrogen and oxygen atoms in total. The van der Waals surface area contributed by atoms with Crippen molar-refractivity contribution in [1.82, 2.24) is 0 Å². The van der Waals surface area contributed by atoms with Crippen LogP contribution in [0.5, 0.6) is 0 Å². The zero-order valence-electron chi connectivity index (χ0n) is 7.41. The van der Waals surface area contributed by atoms with Crippen molar-refractivity contribution < 1.29 is 17.6 Å². The third-order valence-electron chi connectivity index (χ3n) is 1.69. The number of halogens is 2. The molecule has 82 valence electrons. The molecule has 0 spiro atoms. The monoisotopic (exact) mass is 251 g/mol. The van der Waals surface area contributed by atoms with E-state index in [0.717, 1.165) is 18.2 Å². The van der Waals surface area contributed by atoms with Crippen molar-refractivity contribution in [3.63, 3.8) is 0 Å². The summed E-state index contributed by atoms with van der Waals surface area (Å²) >= 11 is 5.23. The summed E-state index contributed by atoms with van der Waals surface area (Å²) in [6.45, 7) is 0. The predicted octanol–water partition coefficient (Wildman–Crippen LogP) is 0.895. The highest BCUT2D eigenvalue weighted by atomic mass is 35.5. The highest BCUT2D eigenvalue weighted by Crippen LogP contribution is 2.14. The first-order valence-corrected chi connectivity index (χ1v) is 5.86. The zero-order valence-corrected chi connectivity index (χ0v) is 8.98. The first-order chi connectivity index (χ1) is 6.86. The van der Waals surface area contributed by atoms with Crippen molar-refractivity contribution in [3.05, 3.63) is 29.6 Å². The topological polar surface area (TPSA) is 77.2 Å². The lowest BCUT2D eigenvalue weighted by Crippen LogP contribution is -2.14. The van der Waals surface area contributed by atoms with E-state index < -0.39 is 27.5 Å². The molecule has 0 saturated carbocycles. The molecule has 0 heterocycles. The van der Waals surface area contributed by atoms with Crippen LogP contribution < -0.4 is 5.14 Å². The van der Waals surface area contributed by atoms with Crippen LogP contribution in [0.4, 0.5) is 4.39 Å². The Hall–Kier alpha value is -0.980. The van der Waals surface area contributed by atoms with E-state index in [1.54, 1.807) is 0 Å². The first kappa shape index (κ1) is 12.1. The highest BCUT2D eigenvalue weighted by molar-refractivity contribution is 7.89. The molecule has 2 N–H and O–H groups in total.